The van der Waals surface area contributed by atoms with Crippen LogP contribution in [-0.2, 0) is 6.54 Å². The Bertz CT molecular complexity index is 1140. The average Bonchev–Trinajstić information content (AvgIpc) is 3.02. The Kier molecular flexibility index (Phi) is 6.05. The van der Waals surface area contributed by atoms with E-state index in [1.54, 1.807) is 6.20 Å². The molecule has 3 aromatic rings. The van der Waals surface area contributed by atoms with Gasteiger partial charge in [-0.2, -0.15) is 5.26 Å². The van der Waals surface area contributed by atoms with Crippen LogP contribution in [0.2, 0.25) is 0 Å². The Morgan fingerprint density at radius 2 is 1.94 bits per heavy atom. The van der Waals surface area contributed by atoms with Gasteiger partial charge < -0.3 is 4.90 Å². The Balaban J connectivity index is 1.34. The third-order valence-corrected chi connectivity index (χ3v) is 7.06. The van der Waals surface area contributed by atoms with Gasteiger partial charge in [-0.25, -0.2) is 9.97 Å². The maximum absolute atomic E-state index is 9.48. The average molecular weight is 492 g/mol. The summed E-state index contributed by atoms with van der Waals surface area (Å²) >= 11 is 3.41. The lowest BCUT2D eigenvalue weighted by Gasteiger charge is -2.46. The summed E-state index contributed by atoms with van der Waals surface area (Å²) in [5, 5.41) is 10.5. The van der Waals surface area contributed by atoms with Crippen molar-refractivity contribution in [3.05, 3.63) is 58.7 Å². The van der Waals surface area contributed by atoms with Crippen molar-refractivity contribution >= 4 is 32.5 Å². The molecule has 0 unspecified atom stereocenters. The van der Waals surface area contributed by atoms with Gasteiger partial charge in [0.15, 0.2) is 0 Å². The van der Waals surface area contributed by atoms with Gasteiger partial charge in [-0.05, 0) is 53.5 Å². The van der Waals surface area contributed by atoms with E-state index in [0.717, 1.165) is 66.9 Å². The summed E-state index contributed by atoms with van der Waals surface area (Å²) < 4.78 is 0.911. The zero-order chi connectivity index (χ0) is 22.1. The molecule has 2 aromatic heterocycles. The molecule has 4 heterocycles. The lowest BCUT2D eigenvalue weighted by Crippen LogP contribution is -2.58. The van der Waals surface area contributed by atoms with E-state index in [-0.39, 0.29) is 0 Å². The van der Waals surface area contributed by atoms with Crippen molar-refractivity contribution < 1.29 is 0 Å². The highest BCUT2D eigenvalue weighted by Gasteiger charge is 2.34. The third kappa shape index (κ3) is 4.20. The first-order chi connectivity index (χ1) is 15.6. The summed E-state index contributed by atoms with van der Waals surface area (Å²) in [6, 6.07) is 11.3. The van der Waals surface area contributed by atoms with E-state index in [1.807, 2.05) is 24.5 Å². The standard InChI is InChI=1S/C24H26BrN7/c1-17-14-31(22-5-4-18(11-26)24-21(22)3-2-7-27-24)15-20-6-8-30(9-10-32(17)20)16-23-28-12-19(25)13-29-23/h2-5,7,12-13,17,20H,6,8-10,14-16H2,1H3/t17-,20+/m1/s1. The van der Waals surface area contributed by atoms with Crippen LogP contribution in [0.1, 0.15) is 24.7 Å². The highest BCUT2D eigenvalue weighted by molar-refractivity contribution is 9.10. The normalized spacial score (nSPS) is 22.3. The van der Waals surface area contributed by atoms with Crippen LogP contribution in [0.25, 0.3) is 10.9 Å². The number of hydrogen-bond acceptors (Lipinski definition) is 7. The Morgan fingerprint density at radius 1 is 1.09 bits per heavy atom. The number of anilines is 1. The fourth-order valence-electron chi connectivity index (χ4n) is 5.08. The summed E-state index contributed by atoms with van der Waals surface area (Å²) in [7, 11) is 0. The maximum atomic E-state index is 9.48. The molecule has 0 saturated carbocycles. The van der Waals surface area contributed by atoms with E-state index in [2.05, 4.69) is 70.7 Å². The van der Waals surface area contributed by atoms with Crippen molar-refractivity contribution in [2.45, 2.75) is 32.0 Å². The number of nitrogens with zero attached hydrogens (tertiary/aromatic N) is 7. The third-order valence-electron chi connectivity index (χ3n) is 6.65. The highest BCUT2D eigenvalue weighted by atomic mass is 79.9. The van der Waals surface area contributed by atoms with Gasteiger partial charge in [-0.15, -0.1) is 0 Å². The van der Waals surface area contributed by atoms with Gasteiger partial charge in [0.2, 0.25) is 0 Å². The van der Waals surface area contributed by atoms with Crippen molar-refractivity contribution in [1.29, 1.82) is 5.26 Å². The van der Waals surface area contributed by atoms with E-state index in [1.165, 1.54) is 5.69 Å². The Hall–Kier alpha value is -2.60. The van der Waals surface area contributed by atoms with Gasteiger partial charge in [0, 0.05) is 74.5 Å². The number of piperazine rings is 1. The van der Waals surface area contributed by atoms with Crippen LogP contribution in [0.15, 0.2) is 47.3 Å². The Morgan fingerprint density at radius 3 is 2.75 bits per heavy atom. The van der Waals surface area contributed by atoms with Crippen LogP contribution >= 0.6 is 15.9 Å². The lowest BCUT2D eigenvalue weighted by molar-refractivity contribution is 0.127. The molecule has 1 aromatic carbocycles. The molecule has 2 aliphatic rings. The first-order valence-electron chi connectivity index (χ1n) is 11.1. The van der Waals surface area contributed by atoms with Gasteiger partial charge in [-0.1, -0.05) is 0 Å². The van der Waals surface area contributed by atoms with Gasteiger partial charge in [0.05, 0.1) is 22.1 Å². The molecule has 0 spiro atoms. The second-order valence-electron chi connectivity index (χ2n) is 8.67. The van der Waals surface area contributed by atoms with E-state index in [9.17, 15) is 5.26 Å². The van der Waals surface area contributed by atoms with E-state index >= 15 is 0 Å². The van der Waals surface area contributed by atoms with Gasteiger partial charge in [0.1, 0.15) is 11.9 Å². The molecule has 2 saturated heterocycles. The largest absolute Gasteiger partial charge is 0.368 e. The van der Waals surface area contributed by atoms with Crippen LogP contribution < -0.4 is 4.90 Å². The van der Waals surface area contributed by atoms with Crippen LogP contribution in [-0.4, -0.2) is 69.6 Å². The molecule has 0 radical (unpaired) electrons. The number of nitriles is 1. The molecule has 0 amide bonds. The quantitative estimate of drug-likeness (QED) is 0.555. The molecule has 2 atom stereocenters. The van der Waals surface area contributed by atoms with Crippen molar-refractivity contribution in [3.63, 3.8) is 0 Å². The molecular weight excluding hydrogens is 466 g/mol. The zero-order valence-electron chi connectivity index (χ0n) is 18.2. The second kappa shape index (κ2) is 9.10. The topological polar surface area (TPSA) is 72.2 Å². The predicted molar refractivity (Wildman–Crippen MR) is 128 cm³/mol. The minimum absolute atomic E-state index is 0.458. The van der Waals surface area contributed by atoms with E-state index < -0.39 is 0 Å². The van der Waals surface area contributed by atoms with Crippen LogP contribution in [0.3, 0.4) is 0 Å². The van der Waals surface area contributed by atoms with Gasteiger partial charge in [-0.3, -0.25) is 14.8 Å². The molecule has 7 nitrogen and oxygen atoms in total. The highest BCUT2D eigenvalue weighted by Crippen LogP contribution is 2.32. The molecule has 32 heavy (non-hydrogen) atoms. The van der Waals surface area contributed by atoms with Crippen molar-refractivity contribution in [3.8, 4) is 6.07 Å². The number of rotatable bonds is 3. The minimum atomic E-state index is 0.458. The number of benzene rings is 1. The molecular formula is C24H26BrN7. The van der Waals surface area contributed by atoms with Crippen molar-refractivity contribution in [2.24, 2.45) is 0 Å². The monoisotopic (exact) mass is 491 g/mol. The fourth-order valence-corrected chi connectivity index (χ4v) is 5.28. The minimum Gasteiger partial charge on any atom is -0.368 e. The SMILES string of the molecule is C[C@@H]1CN(c2ccc(C#N)c3ncccc23)C[C@@H]2CCN(Cc3ncc(Br)cn3)CCN21. The Labute approximate surface area is 196 Å². The van der Waals surface area contributed by atoms with Gasteiger partial charge in [0.25, 0.3) is 0 Å². The van der Waals surface area contributed by atoms with E-state index in [4.69, 9.17) is 0 Å². The van der Waals surface area contributed by atoms with E-state index in [0.29, 0.717) is 17.6 Å². The summed E-state index contributed by atoms with van der Waals surface area (Å²) in [5.74, 6) is 0.874. The molecule has 164 valence electrons. The first kappa shape index (κ1) is 21.3. The van der Waals surface area contributed by atoms with Crippen LogP contribution in [0, 0.1) is 11.3 Å². The second-order valence-corrected chi connectivity index (χ2v) is 9.59. The molecule has 0 bridgehead atoms. The number of aromatic nitrogens is 3. The molecule has 0 aliphatic carbocycles. The van der Waals surface area contributed by atoms with Crippen molar-refractivity contribution in [2.75, 3.05) is 37.6 Å². The first-order valence-corrected chi connectivity index (χ1v) is 11.9. The number of fused-ring (bicyclic) bond motifs is 2. The summed E-state index contributed by atoms with van der Waals surface area (Å²) in [6.07, 6.45) is 6.52. The van der Waals surface area contributed by atoms with Crippen LogP contribution in [0.5, 0.6) is 0 Å². The smallest absolute Gasteiger partial charge is 0.142 e. The maximum Gasteiger partial charge on any atom is 0.142 e. The lowest BCUT2D eigenvalue weighted by atomic mass is 10.0. The summed E-state index contributed by atoms with van der Waals surface area (Å²) in [4.78, 5) is 21.0. The summed E-state index contributed by atoms with van der Waals surface area (Å²) in [5.41, 5.74) is 2.61. The zero-order valence-corrected chi connectivity index (χ0v) is 19.7. The predicted octanol–water partition coefficient (Wildman–Crippen LogP) is 3.44. The number of pyridine rings is 1. The number of hydrogen-bond donors (Lipinski definition) is 0. The van der Waals surface area contributed by atoms with Gasteiger partial charge >= 0.3 is 0 Å². The fraction of sp³-hybridized carbons (Fsp3) is 0.417. The molecule has 2 aliphatic heterocycles. The summed E-state index contributed by atoms with van der Waals surface area (Å²) in [6.45, 7) is 8.21. The molecule has 8 heteroatoms. The molecule has 5 rings (SSSR count). The molecule has 2 fully saturated rings. The van der Waals surface area contributed by atoms with Crippen molar-refractivity contribution in [1.82, 2.24) is 24.8 Å². The number of halogens is 1. The molecule has 0 N–H and O–H groups in total. The van der Waals surface area contributed by atoms with Crippen LogP contribution in [0.4, 0.5) is 5.69 Å².